The van der Waals surface area contributed by atoms with Crippen molar-refractivity contribution in [2.24, 2.45) is 0 Å². The fourth-order valence-electron chi connectivity index (χ4n) is 2.44. The van der Waals surface area contributed by atoms with Crippen LogP contribution in [0.5, 0.6) is 0 Å². The quantitative estimate of drug-likeness (QED) is 0.782. The van der Waals surface area contributed by atoms with Gasteiger partial charge in [-0.25, -0.2) is 9.78 Å². The van der Waals surface area contributed by atoms with E-state index in [2.05, 4.69) is 15.2 Å². The molecule has 0 radical (unpaired) electrons. The molecule has 6 heteroatoms. The number of carbonyl (C=O) groups excluding carboxylic acids is 1. The van der Waals surface area contributed by atoms with Gasteiger partial charge in [0.15, 0.2) is 6.04 Å². The SMILES string of the molecule is CCOC(=O)C(c1cncn1CC)N1CCNCC1. The first-order chi connectivity index (χ1) is 9.27. The number of hydrogen-bond donors (Lipinski definition) is 1. The number of esters is 1. The van der Waals surface area contributed by atoms with E-state index in [1.807, 2.05) is 18.4 Å². The van der Waals surface area contributed by atoms with E-state index >= 15 is 0 Å². The summed E-state index contributed by atoms with van der Waals surface area (Å²) in [4.78, 5) is 18.6. The zero-order valence-electron chi connectivity index (χ0n) is 11.6. The van der Waals surface area contributed by atoms with Crippen LogP contribution in [0.1, 0.15) is 25.6 Å². The van der Waals surface area contributed by atoms with Gasteiger partial charge in [-0.3, -0.25) is 4.90 Å². The van der Waals surface area contributed by atoms with Gasteiger partial charge >= 0.3 is 5.97 Å². The van der Waals surface area contributed by atoms with Crippen LogP contribution in [-0.4, -0.2) is 53.2 Å². The number of ether oxygens (including phenoxy) is 1. The van der Waals surface area contributed by atoms with Crippen molar-refractivity contribution in [2.75, 3.05) is 32.8 Å². The van der Waals surface area contributed by atoms with E-state index in [1.54, 1.807) is 12.5 Å². The molecule has 0 spiro atoms. The third-order valence-electron chi connectivity index (χ3n) is 3.39. The van der Waals surface area contributed by atoms with E-state index in [4.69, 9.17) is 4.74 Å². The first-order valence-electron chi connectivity index (χ1n) is 6.89. The highest BCUT2D eigenvalue weighted by atomic mass is 16.5. The molecule has 6 nitrogen and oxygen atoms in total. The monoisotopic (exact) mass is 266 g/mol. The van der Waals surface area contributed by atoms with Crippen molar-refractivity contribution in [2.45, 2.75) is 26.4 Å². The van der Waals surface area contributed by atoms with Crippen LogP contribution < -0.4 is 5.32 Å². The van der Waals surface area contributed by atoms with Crippen LogP contribution in [0.2, 0.25) is 0 Å². The highest BCUT2D eigenvalue weighted by Gasteiger charge is 2.32. The van der Waals surface area contributed by atoms with Crippen molar-refractivity contribution in [1.82, 2.24) is 19.8 Å². The molecular formula is C13H22N4O2. The Balaban J connectivity index is 2.25. The van der Waals surface area contributed by atoms with Crippen LogP contribution in [0.4, 0.5) is 0 Å². The van der Waals surface area contributed by atoms with Crippen molar-refractivity contribution in [3.8, 4) is 0 Å². The van der Waals surface area contributed by atoms with Crippen LogP contribution in [0.15, 0.2) is 12.5 Å². The Morgan fingerprint density at radius 1 is 1.47 bits per heavy atom. The van der Waals surface area contributed by atoms with Crippen LogP contribution >= 0.6 is 0 Å². The van der Waals surface area contributed by atoms with Gasteiger partial charge in [-0.2, -0.15) is 0 Å². The number of nitrogens with zero attached hydrogens (tertiary/aromatic N) is 3. The number of piperazine rings is 1. The Hall–Kier alpha value is -1.40. The zero-order valence-corrected chi connectivity index (χ0v) is 11.6. The van der Waals surface area contributed by atoms with Crippen LogP contribution in [0.25, 0.3) is 0 Å². The summed E-state index contributed by atoms with van der Waals surface area (Å²) >= 11 is 0. The smallest absolute Gasteiger partial charge is 0.329 e. The molecule has 1 N–H and O–H groups in total. The van der Waals surface area contributed by atoms with Crippen molar-refractivity contribution in [1.29, 1.82) is 0 Å². The van der Waals surface area contributed by atoms with E-state index in [1.165, 1.54) is 0 Å². The molecule has 1 aliphatic rings. The molecule has 1 aromatic heterocycles. The third-order valence-corrected chi connectivity index (χ3v) is 3.39. The number of carbonyl (C=O) groups is 1. The minimum atomic E-state index is -0.343. The molecule has 0 aliphatic carbocycles. The number of aromatic nitrogens is 2. The standard InChI is InChI=1S/C13H22N4O2/c1-3-16-10-15-9-11(16)12(13(18)19-4-2)17-7-5-14-6-8-17/h9-10,12,14H,3-8H2,1-2H3. The van der Waals surface area contributed by atoms with Gasteiger partial charge in [-0.15, -0.1) is 0 Å². The van der Waals surface area contributed by atoms with Crippen LogP contribution in [-0.2, 0) is 16.1 Å². The fourth-order valence-corrected chi connectivity index (χ4v) is 2.44. The Labute approximate surface area is 113 Å². The van der Waals surface area contributed by atoms with E-state index in [9.17, 15) is 4.79 Å². The molecule has 0 aromatic carbocycles. The number of hydrogen-bond acceptors (Lipinski definition) is 5. The summed E-state index contributed by atoms with van der Waals surface area (Å²) in [6.45, 7) is 8.58. The lowest BCUT2D eigenvalue weighted by molar-refractivity contribution is -0.150. The van der Waals surface area contributed by atoms with Gasteiger partial charge in [0.25, 0.3) is 0 Å². The van der Waals surface area contributed by atoms with E-state index in [-0.39, 0.29) is 12.0 Å². The maximum Gasteiger partial charge on any atom is 0.329 e. The van der Waals surface area contributed by atoms with Gasteiger partial charge in [0.1, 0.15) is 0 Å². The summed E-state index contributed by atoms with van der Waals surface area (Å²) in [6, 6.07) is -0.343. The van der Waals surface area contributed by atoms with Gasteiger partial charge < -0.3 is 14.6 Å². The molecule has 2 heterocycles. The molecule has 19 heavy (non-hydrogen) atoms. The molecule has 1 atom stereocenters. The molecule has 2 rings (SSSR count). The Morgan fingerprint density at radius 3 is 2.84 bits per heavy atom. The van der Waals surface area contributed by atoms with Gasteiger partial charge in [0.05, 0.1) is 24.8 Å². The largest absolute Gasteiger partial charge is 0.465 e. The van der Waals surface area contributed by atoms with Crippen LogP contribution in [0, 0.1) is 0 Å². The summed E-state index contributed by atoms with van der Waals surface area (Å²) in [5.41, 5.74) is 0.919. The van der Waals surface area contributed by atoms with Gasteiger partial charge in [0.2, 0.25) is 0 Å². The number of nitrogens with one attached hydrogen (secondary N) is 1. The molecule has 1 aromatic rings. The summed E-state index contributed by atoms with van der Waals surface area (Å²) in [5, 5.41) is 3.30. The van der Waals surface area contributed by atoms with E-state index in [0.717, 1.165) is 38.4 Å². The normalized spacial score (nSPS) is 18.2. The second kappa shape index (κ2) is 6.68. The summed E-state index contributed by atoms with van der Waals surface area (Å²) in [7, 11) is 0. The highest BCUT2D eigenvalue weighted by molar-refractivity contribution is 5.77. The molecule has 0 saturated carbocycles. The summed E-state index contributed by atoms with van der Waals surface area (Å²) < 4.78 is 7.24. The Morgan fingerprint density at radius 2 is 2.21 bits per heavy atom. The third kappa shape index (κ3) is 3.13. The first-order valence-corrected chi connectivity index (χ1v) is 6.89. The van der Waals surface area contributed by atoms with Gasteiger partial charge in [-0.1, -0.05) is 0 Å². The number of aryl methyl sites for hydroxylation is 1. The molecule has 1 aliphatic heterocycles. The number of rotatable bonds is 5. The second-order valence-electron chi connectivity index (χ2n) is 4.55. The lowest BCUT2D eigenvalue weighted by Gasteiger charge is -2.33. The fraction of sp³-hybridized carbons (Fsp3) is 0.692. The molecule has 1 fully saturated rings. The van der Waals surface area contributed by atoms with Crippen molar-refractivity contribution >= 4 is 5.97 Å². The van der Waals surface area contributed by atoms with Crippen molar-refractivity contribution in [3.63, 3.8) is 0 Å². The van der Waals surface area contributed by atoms with Crippen LogP contribution in [0.3, 0.4) is 0 Å². The molecule has 106 valence electrons. The van der Waals surface area contributed by atoms with Crippen molar-refractivity contribution < 1.29 is 9.53 Å². The maximum atomic E-state index is 12.3. The van der Waals surface area contributed by atoms with E-state index < -0.39 is 0 Å². The molecule has 1 saturated heterocycles. The second-order valence-corrected chi connectivity index (χ2v) is 4.55. The Bertz CT molecular complexity index is 413. The predicted octanol–water partition coefficient (Wildman–Crippen LogP) is 0.412. The lowest BCUT2D eigenvalue weighted by Crippen LogP contribution is -2.48. The van der Waals surface area contributed by atoms with Crippen molar-refractivity contribution in [3.05, 3.63) is 18.2 Å². The average molecular weight is 266 g/mol. The predicted molar refractivity (Wildman–Crippen MR) is 71.7 cm³/mol. The van der Waals surface area contributed by atoms with Gasteiger partial charge in [-0.05, 0) is 13.8 Å². The van der Waals surface area contributed by atoms with Gasteiger partial charge in [0, 0.05) is 32.7 Å². The maximum absolute atomic E-state index is 12.3. The topological polar surface area (TPSA) is 59.4 Å². The average Bonchev–Trinajstić information content (AvgIpc) is 2.89. The minimum absolute atomic E-state index is 0.181. The first kappa shape index (κ1) is 14.0. The summed E-state index contributed by atoms with van der Waals surface area (Å²) in [5.74, 6) is -0.181. The van der Waals surface area contributed by atoms with E-state index in [0.29, 0.717) is 6.61 Å². The molecule has 0 amide bonds. The molecular weight excluding hydrogens is 244 g/mol. The summed E-state index contributed by atoms with van der Waals surface area (Å²) in [6.07, 6.45) is 3.54. The highest BCUT2D eigenvalue weighted by Crippen LogP contribution is 2.22. The molecule has 0 bridgehead atoms. The minimum Gasteiger partial charge on any atom is -0.465 e. The zero-order chi connectivity index (χ0) is 13.7. The number of imidazole rings is 1. The lowest BCUT2D eigenvalue weighted by atomic mass is 10.1. The Kier molecular flexibility index (Phi) is 4.93. The molecule has 1 unspecified atom stereocenters.